The van der Waals surface area contributed by atoms with Gasteiger partial charge in [-0.3, -0.25) is 4.79 Å². The molecule has 1 heterocycles. The first kappa shape index (κ1) is 11.6. The zero-order valence-corrected chi connectivity index (χ0v) is 11.0. The largest absolute Gasteiger partial charge is 0.390 e. The van der Waals surface area contributed by atoms with Gasteiger partial charge in [0.25, 0.3) is 0 Å². The molecular weight excluding hydrogens is 218 g/mol. The summed E-state index contributed by atoms with van der Waals surface area (Å²) in [5.41, 5.74) is 8.13. The van der Waals surface area contributed by atoms with Crippen molar-refractivity contribution in [1.29, 1.82) is 0 Å². The predicted octanol–water partition coefficient (Wildman–Crippen LogP) is 3.61. The van der Waals surface area contributed by atoms with Crippen LogP contribution < -0.4 is 5.73 Å². The third kappa shape index (κ3) is 1.67. The smallest absolute Gasteiger partial charge is 0.168 e. The summed E-state index contributed by atoms with van der Waals surface area (Å²) in [6.07, 6.45) is 3.41. The van der Waals surface area contributed by atoms with Crippen molar-refractivity contribution in [2.45, 2.75) is 46.0 Å². The second-order valence-electron chi connectivity index (χ2n) is 4.84. The molecule has 0 radical (unpaired) electrons. The minimum atomic E-state index is 0.0408. The summed E-state index contributed by atoms with van der Waals surface area (Å²) in [4.78, 5) is 13.5. The van der Waals surface area contributed by atoms with E-state index < -0.39 is 0 Å². The van der Waals surface area contributed by atoms with Crippen LogP contribution in [0.4, 0.5) is 5.00 Å². The van der Waals surface area contributed by atoms with Crippen LogP contribution >= 0.6 is 11.3 Å². The number of hydrogen-bond donors (Lipinski definition) is 1. The van der Waals surface area contributed by atoms with E-state index in [2.05, 4.69) is 6.92 Å². The van der Waals surface area contributed by atoms with Crippen LogP contribution in [-0.2, 0) is 6.42 Å². The van der Waals surface area contributed by atoms with Gasteiger partial charge in [-0.2, -0.15) is 0 Å². The van der Waals surface area contributed by atoms with Gasteiger partial charge in [0, 0.05) is 10.8 Å². The molecule has 0 saturated heterocycles. The molecule has 2 nitrogen and oxygen atoms in total. The van der Waals surface area contributed by atoms with Crippen LogP contribution in [0.25, 0.3) is 0 Å². The first-order chi connectivity index (χ1) is 7.56. The van der Waals surface area contributed by atoms with Crippen LogP contribution in [0.15, 0.2) is 0 Å². The van der Waals surface area contributed by atoms with Crippen molar-refractivity contribution >= 4 is 22.1 Å². The van der Waals surface area contributed by atoms with Crippen LogP contribution in [0.2, 0.25) is 0 Å². The highest BCUT2D eigenvalue weighted by atomic mass is 32.1. The van der Waals surface area contributed by atoms with Crippen molar-refractivity contribution < 1.29 is 4.79 Å². The molecule has 16 heavy (non-hydrogen) atoms. The molecule has 3 heteroatoms. The third-order valence-electron chi connectivity index (χ3n) is 3.44. The number of rotatable bonds is 3. The molecule has 0 saturated carbocycles. The minimum absolute atomic E-state index is 0.0408. The molecule has 0 aromatic carbocycles. The highest BCUT2D eigenvalue weighted by Gasteiger charge is 2.31. The van der Waals surface area contributed by atoms with E-state index in [1.807, 2.05) is 13.8 Å². The summed E-state index contributed by atoms with van der Waals surface area (Å²) >= 11 is 1.63. The predicted molar refractivity (Wildman–Crippen MR) is 69.3 cm³/mol. The van der Waals surface area contributed by atoms with Crippen LogP contribution in [0.3, 0.4) is 0 Å². The zero-order valence-electron chi connectivity index (χ0n) is 10.2. The molecule has 0 spiro atoms. The maximum atomic E-state index is 12.2. The molecule has 88 valence electrons. The highest BCUT2D eigenvalue weighted by molar-refractivity contribution is 7.16. The van der Waals surface area contributed by atoms with Crippen LogP contribution in [0.1, 0.15) is 60.3 Å². The average molecular weight is 237 g/mol. The van der Waals surface area contributed by atoms with Gasteiger partial charge in [0.15, 0.2) is 5.78 Å². The van der Waals surface area contributed by atoms with Crippen molar-refractivity contribution in [3.63, 3.8) is 0 Å². The van der Waals surface area contributed by atoms with Crippen LogP contribution in [-0.4, -0.2) is 5.78 Å². The molecule has 2 N–H and O–H groups in total. The number of carbonyl (C=O) groups excluding carboxylic acids is 1. The fourth-order valence-corrected chi connectivity index (χ4v) is 3.71. The third-order valence-corrected chi connectivity index (χ3v) is 4.54. The molecule has 0 aliphatic heterocycles. The molecule has 1 aliphatic rings. The maximum Gasteiger partial charge on any atom is 0.168 e. The lowest BCUT2D eigenvalue weighted by Gasteiger charge is -2.11. The van der Waals surface area contributed by atoms with Crippen molar-refractivity contribution in [3.05, 3.63) is 16.0 Å². The Morgan fingerprint density at radius 1 is 1.56 bits per heavy atom. The molecule has 1 atom stereocenters. The molecule has 1 aromatic heterocycles. The molecule has 1 unspecified atom stereocenters. The summed E-state index contributed by atoms with van der Waals surface area (Å²) in [5.74, 6) is 0.815. The first-order valence-electron chi connectivity index (χ1n) is 6.01. The molecule has 1 aromatic rings. The van der Waals surface area contributed by atoms with Gasteiger partial charge in [0.05, 0.1) is 10.6 Å². The fourth-order valence-electron chi connectivity index (χ4n) is 2.53. The van der Waals surface area contributed by atoms with Gasteiger partial charge in [-0.1, -0.05) is 20.8 Å². The van der Waals surface area contributed by atoms with Gasteiger partial charge in [-0.25, -0.2) is 0 Å². The molecular formula is C13H19NOS. The Bertz CT molecular complexity index is 420. The number of Topliss-reactive ketones (excluding diaryl/α,β-unsaturated/α-hetero) is 1. The van der Waals surface area contributed by atoms with Crippen molar-refractivity contribution in [2.24, 2.45) is 5.92 Å². The summed E-state index contributed by atoms with van der Waals surface area (Å²) < 4.78 is 0. The summed E-state index contributed by atoms with van der Waals surface area (Å²) in [7, 11) is 0. The van der Waals surface area contributed by atoms with E-state index in [4.69, 9.17) is 5.73 Å². The van der Waals surface area contributed by atoms with Crippen molar-refractivity contribution in [1.82, 2.24) is 0 Å². The van der Waals surface area contributed by atoms with E-state index >= 15 is 0 Å². The van der Waals surface area contributed by atoms with Gasteiger partial charge in [-0.05, 0) is 30.7 Å². The van der Waals surface area contributed by atoms with Crippen molar-refractivity contribution in [3.8, 4) is 0 Å². The van der Waals surface area contributed by atoms with E-state index in [1.54, 1.807) is 11.3 Å². The van der Waals surface area contributed by atoms with Gasteiger partial charge in [-0.15, -0.1) is 11.3 Å². The van der Waals surface area contributed by atoms with Crippen LogP contribution in [0.5, 0.6) is 0 Å². The quantitative estimate of drug-likeness (QED) is 0.816. The van der Waals surface area contributed by atoms with E-state index in [9.17, 15) is 4.79 Å². The molecule has 0 bridgehead atoms. The zero-order chi connectivity index (χ0) is 11.9. The Labute approximate surface area is 101 Å². The minimum Gasteiger partial charge on any atom is -0.390 e. The van der Waals surface area contributed by atoms with E-state index in [0.717, 1.165) is 23.4 Å². The molecule has 0 fully saturated rings. The second-order valence-corrected chi connectivity index (χ2v) is 5.98. The topological polar surface area (TPSA) is 43.1 Å². The Balaban J connectivity index is 2.49. The van der Waals surface area contributed by atoms with Gasteiger partial charge in [0.1, 0.15) is 0 Å². The maximum absolute atomic E-state index is 12.2. The number of carbonyl (C=O) groups is 1. The number of thiophene rings is 1. The normalized spacial score (nSPS) is 19.1. The summed E-state index contributed by atoms with van der Waals surface area (Å²) in [6, 6.07) is 0. The number of nitrogen functional groups attached to an aromatic ring is 1. The number of anilines is 1. The average Bonchev–Trinajstić information content (AvgIpc) is 2.74. The summed E-state index contributed by atoms with van der Waals surface area (Å²) in [6.45, 7) is 6.08. The lowest BCUT2D eigenvalue weighted by Crippen LogP contribution is -2.11. The lowest BCUT2D eigenvalue weighted by molar-refractivity contribution is 0.0939. The second kappa shape index (κ2) is 4.21. The Morgan fingerprint density at radius 3 is 2.81 bits per heavy atom. The standard InChI is InChI=1S/C13H19NOS/c1-4-8-5-6-9-10(8)11(13(14)16-9)12(15)7(2)3/h7-8H,4-6,14H2,1-3H3. The first-order valence-corrected chi connectivity index (χ1v) is 6.83. The Kier molecular flexibility index (Phi) is 3.06. The molecule has 1 aliphatic carbocycles. The van der Waals surface area contributed by atoms with Gasteiger partial charge >= 0.3 is 0 Å². The van der Waals surface area contributed by atoms with Crippen LogP contribution in [0, 0.1) is 5.92 Å². The lowest BCUT2D eigenvalue weighted by atomic mass is 9.92. The van der Waals surface area contributed by atoms with Gasteiger partial charge in [0.2, 0.25) is 0 Å². The number of fused-ring (bicyclic) bond motifs is 1. The number of ketones is 1. The van der Waals surface area contributed by atoms with E-state index in [0.29, 0.717) is 5.92 Å². The monoisotopic (exact) mass is 237 g/mol. The number of hydrogen-bond acceptors (Lipinski definition) is 3. The Hall–Kier alpha value is -0.830. The molecule has 0 amide bonds. The van der Waals surface area contributed by atoms with Crippen molar-refractivity contribution in [2.75, 3.05) is 5.73 Å². The number of nitrogens with two attached hydrogens (primary N) is 1. The molecule has 2 rings (SSSR count). The highest BCUT2D eigenvalue weighted by Crippen LogP contribution is 2.45. The van der Waals surface area contributed by atoms with E-state index in [1.165, 1.54) is 16.9 Å². The fraction of sp³-hybridized carbons (Fsp3) is 0.615. The SMILES string of the molecule is CCC1CCc2sc(N)c(C(=O)C(C)C)c21. The Morgan fingerprint density at radius 2 is 2.25 bits per heavy atom. The van der Waals surface area contributed by atoms with E-state index in [-0.39, 0.29) is 11.7 Å². The van der Waals surface area contributed by atoms with Gasteiger partial charge < -0.3 is 5.73 Å². The number of aryl methyl sites for hydroxylation is 1. The summed E-state index contributed by atoms with van der Waals surface area (Å²) in [5, 5.41) is 0.738.